The average Bonchev–Trinajstić information content (AvgIpc) is 2.76. The number of carbonyl (C=O) groups is 1. The average molecular weight is 464 g/mol. The van der Waals surface area contributed by atoms with E-state index in [1.165, 1.54) is 38.3 Å². The summed E-state index contributed by atoms with van der Waals surface area (Å²) in [5.41, 5.74) is 1.54. The van der Waals surface area contributed by atoms with Gasteiger partial charge in [-0.2, -0.15) is 0 Å². The molecule has 3 rings (SSSR count). The maximum atomic E-state index is 13.2. The van der Waals surface area contributed by atoms with E-state index in [4.69, 9.17) is 4.74 Å². The van der Waals surface area contributed by atoms with Gasteiger partial charge < -0.3 is 15.3 Å². The number of piperidine rings is 1. The molecule has 1 heterocycles. The van der Waals surface area contributed by atoms with E-state index in [9.17, 15) is 18.3 Å². The number of benzene rings is 2. The summed E-state index contributed by atoms with van der Waals surface area (Å²) in [6.45, 7) is 6.83. The normalized spacial score (nSPS) is 16.6. The van der Waals surface area contributed by atoms with Crippen LogP contribution in [-0.2, 0) is 21.1 Å². The molecule has 2 aromatic rings. The Kier molecular flexibility index (Phi) is 8.83. The van der Waals surface area contributed by atoms with Crippen LogP contribution in [0.5, 0.6) is 5.75 Å². The van der Waals surface area contributed by atoms with E-state index in [2.05, 4.69) is 4.90 Å². The first-order valence-electron chi connectivity index (χ1n) is 10.7. The summed E-state index contributed by atoms with van der Waals surface area (Å²) in [7, 11) is -4.09. The lowest BCUT2D eigenvalue weighted by Gasteiger charge is -2.26. The predicted molar refractivity (Wildman–Crippen MR) is 124 cm³/mol. The Labute approximate surface area is 190 Å². The second-order valence-electron chi connectivity index (χ2n) is 8.42. The van der Waals surface area contributed by atoms with Gasteiger partial charge in [-0.25, -0.2) is 8.42 Å². The molecule has 1 aliphatic heterocycles. The topological polar surface area (TPSA) is 115 Å². The van der Waals surface area contributed by atoms with Crippen molar-refractivity contribution >= 4 is 15.8 Å². The molecule has 0 aliphatic carbocycles. The number of likely N-dealkylation sites (tertiary alicyclic amines) is 1. The lowest BCUT2D eigenvalue weighted by Crippen LogP contribution is -2.45. The molecule has 1 saturated heterocycles. The lowest BCUT2D eigenvalue weighted by molar-refractivity contribution is -0.139. The highest BCUT2D eigenvalue weighted by molar-refractivity contribution is 7.93. The van der Waals surface area contributed by atoms with E-state index >= 15 is 0 Å². The zero-order valence-electron chi connectivity index (χ0n) is 18.7. The summed E-state index contributed by atoms with van der Waals surface area (Å²) in [6.07, 6.45) is 3.64. The molecule has 1 aliphatic rings. The van der Waals surface area contributed by atoms with Crippen molar-refractivity contribution in [3.8, 4) is 5.75 Å². The Bertz CT molecular complexity index is 982. The van der Waals surface area contributed by atoms with Gasteiger partial charge in [-0.3, -0.25) is 9.69 Å². The number of aliphatic carboxylic acids is 1. The summed E-state index contributed by atoms with van der Waals surface area (Å²) in [5, 5.41) is 9.83. The second kappa shape index (κ2) is 10.9. The van der Waals surface area contributed by atoms with Crippen molar-refractivity contribution in [1.29, 1.82) is 0 Å². The molecule has 1 fully saturated rings. The Morgan fingerprint density at radius 3 is 2.19 bits per heavy atom. The number of carboxylic acid groups (broad SMARTS) is 1. The fraction of sp³-hybridized carbons (Fsp3) is 0.458. The SMILES string of the molecule is Cc1ccc(S(=O)(=O)C(C)(Cc2ccc(OCCN3CCCCC3)cc2)C(=O)O)cc1.O. The molecule has 2 aromatic carbocycles. The molecule has 8 heteroatoms. The highest BCUT2D eigenvalue weighted by Crippen LogP contribution is 2.30. The molecule has 0 saturated carbocycles. The van der Waals surface area contributed by atoms with Gasteiger partial charge in [0.1, 0.15) is 12.4 Å². The first-order valence-corrected chi connectivity index (χ1v) is 12.2. The van der Waals surface area contributed by atoms with Crippen molar-refractivity contribution in [2.75, 3.05) is 26.2 Å². The minimum atomic E-state index is -4.09. The second-order valence-corrected chi connectivity index (χ2v) is 10.8. The molecule has 32 heavy (non-hydrogen) atoms. The van der Waals surface area contributed by atoms with Crippen molar-refractivity contribution in [2.24, 2.45) is 0 Å². The quantitative estimate of drug-likeness (QED) is 0.611. The summed E-state index contributed by atoms with van der Waals surface area (Å²) in [4.78, 5) is 14.5. The number of rotatable bonds is 9. The van der Waals surface area contributed by atoms with Gasteiger partial charge in [0, 0.05) is 13.0 Å². The van der Waals surface area contributed by atoms with E-state index in [1.807, 2.05) is 6.92 Å². The number of nitrogens with zero attached hydrogens (tertiary/aromatic N) is 1. The smallest absolute Gasteiger partial charge is 0.325 e. The van der Waals surface area contributed by atoms with Gasteiger partial charge in [0.15, 0.2) is 14.6 Å². The Morgan fingerprint density at radius 1 is 1.03 bits per heavy atom. The molecule has 1 unspecified atom stereocenters. The third-order valence-electron chi connectivity index (χ3n) is 5.97. The molecule has 0 amide bonds. The maximum absolute atomic E-state index is 13.2. The summed E-state index contributed by atoms with van der Waals surface area (Å²) >= 11 is 0. The van der Waals surface area contributed by atoms with E-state index in [-0.39, 0.29) is 16.8 Å². The van der Waals surface area contributed by atoms with Crippen molar-refractivity contribution in [1.82, 2.24) is 4.90 Å². The van der Waals surface area contributed by atoms with Crippen LogP contribution < -0.4 is 4.74 Å². The van der Waals surface area contributed by atoms with Crippen LogP contribution >= 0.6 is 0 Å². The van der Waals surface area contributed by atoms with Gasteiger partial charge in [-0.1, -0.05) is 36.2 Å². The lowest BCUT2D eigenvalue weighted by atomic mass is 10.0. The summed E-state index contributed by atoms with van der Waals surface area (Å²) in [6, 6.07) is 13.3. The van der Waals surface area contributed by atoms with Crippen LogP contribution in [0.2, 0.25) is 0 Å². The number of aryl methyl sites for hydroxylation is 1. The van der Waals surface area contributed by atoms with Crippen molar-refractivity contribution in [2.45, 2.75) is 49.2 Å². The molecule has 1 atom stereocenters. The third kappa shape index (κ3) is 5.88. The fourth-order valence-corrected chi connectivity index (χ4v) is 5.43. The standard InChI is InChI=1S/C24H31NO5S.H2O/c1-19-6-12-22(13-7-19)31(28,29)24(2,23(26)27)18-20-8-10-21(11-9-20)30-17-16-25-14-4-3-5-15-25;/h6-13H,3-5,14-18H2,1-2H3,(H,26,27);1H2. The zero-order chi connectivity index (χ0) is 22.5. The minimum absolute atomic E-state index is 0. The van der Waals surface area contributed by atoms with Crippen LogP contribution in [0.3, 0.4) is 0 Å². The highest BCUT2D eigenvalue weighted by atomic mass is 32.2. The van der Waals surface area contributed by atoms with Crippen molar-refractivity contribution < 1.29 is 28.5 Å². The third-order valence-corrected chi connectivity index (χ3v) is 8.36. The summed E-state index contributed by atoms with van der Waals surface area (Å²) < 4.78 is 30.2. The van der Waals surface area contributed by atoms with Gasteiger partial charge in [0.05, 0.1) is 4.90 Å². The van der Waals surface area contributed by atoms with E-state index in [0.29, 0.717) is 17.9 Å². The van der Waals surface area contributed by atoms with E-state index in [1.54, 1.807) is 36.4 Å². The molecule has 176 valence electrons. The van der Waals surface area contributed by atoms with Crippen LogP contribution in [-0.4, -0.2) is 60.9 Å². The summed E-state index contributed by atoms with van der Waals surface area (Å²) in [5.74, 6) is -0.672. The highest BCUT2D eigenvalue weighted by Gasteiger charge is 2.47. The van der Waals surface area contributed by atoms with Gasteiger partial charge >= 0.3 is 5.97 Å². The minimum Gasteiger partial charge on any atom is -0.492 e. The van der Waals surface area contributed by atoms with Crippen LogP contribution in [0, 0.1) is 6.92 Å². The van der Waals surface area contributed by atoms with Gasteiger partial charge in [-0.05, 0) is 69.6 Å². The Hall–Kier alpha value is -2.42. The number of sulfone groups is 1. The fourth-order valence-electron chi connectivity index (χ4n) is 3.83. The van der Waals surface area contributed by atoms with E-state index < -0.39 is 20.6 Å². The van der Waals surface area contributed by atoms with Crippen LogP contribution in [0.4, 0.5) is 0 Å². The predicted octanol–water partition coefficient (Wildman–Crippen LogP) is 2.89. The van der Waals surface area contributed by atoms with Gasteiger partial charge in [-0.15, -0.1) is 0 Å². The Morgan fingerprint density at radius 2 is 1.62 bits per heavy atom. The first-order chi connectivity index (χ1) is 14.7. The van der Waals surface area contributed by atoms with E-state index in [0.717, 1.165) is 25.2 Å². The largest absolute Gasteiger partial charge is 0.492 e. The van der Waals surface area contributed by atoms with Crippen LogP contribution in [0.1, 0.15) is 37.3 Å². The number of hydrogen-bond donors (Lipinski definition) is 1. The van der Waals surface area contributed by atoms with Crippen molar-refractivity contribution in [3.05, 3.63) is 59.7 Å². The number of hydrogen-bond acceptors (Lipinski definition) is 5. The van der Waals surface area contributed by atoms with Crippen LogP contribution in [0.25, 0.3) is 0 Å². The number of carboxylic acids is 1. The molecule has 0 spiro atoms. The van der Waals surface area contributed by atoms with Gasteiger partial charge in [0.2, 0.25) is 0 Å². The number of ether oxygens (including phenoxy) is 1. The maximum Gasteiger partial charge on any atom is 0.325 e. The van der Waals surface area contributed by atoms with Crippen LogP contribution in [0.15, 0.2) is 53.4 Å². The molecular formula is C24H33NO6S. The Balaban J connectivity index is 0.00000363. The monoisotopic (exact) mass is 463 g/mol. The molecule has 3 N–H and O–H groups in total. The zero-order valence-corrected chi connectivity index (χ0v) is 19.5. The molecule has 0 radical (unpaired) electrons. The van der Waals surface area contributed by atoms with Crippen molar-refractivity contribution in [3.63, 3.8) is 0 Å². The van der Waals surface area contributed by atoms with Gasteiger partial charge in [0.25, 0.3) is 0 Å². The molecule has 7 nitrogen and oxygen atoms in total. The molecular weight excluding hydrogens is 430 g/mol. The molecule has 0 bridgehead atoms. The molecule has 0 aromatic heterocycles. The first kappa shape index (κ1) is 25.8.